The molecule has 90 valence electrons. The Bertz CT molecular complexity index is 356. The van der Waals surface area contributed by atoms with Crippen LogP contribution < -0.4 is 16.2 Å². The molecule has 0 amide bonds. The Morgan fingerprint density at radius 3 is 2.62 bits per heavy atom. The van der Waals surface area contributed by atoms with Gasteiger partial charge in [-0.2, -0.15) is 0 Å². The Morgan fingerprint density at radius 1 is 1.44 bits per heavy atom. The summed E-state index contributed by atoms with van der Waals surface area (Å²) < 4.78 is 5.55. The SMILES string of the molecule is CC(CN=C(N)N)Oc1ccccc1Cl.I. The molecule has 16 heavy (non-hydrogen) atoms. The van der Waals surface area contributed by atoms with Gasteiger partial charge in [0.15, 0.2) is 5.96 Å². The topological polar surface area (TPSA) is 73.6 Å². The van der Waals surface area contributed by atoms with Crippen molar-refractivity contribution in [3.63, 3.8) is 0 Å². The van der Waals surface area contributed by atoms with Crippen LogP contribution in [0.1, 0.15) is 6.92 Å². The van der Waals surface area contributed by atoms with Gasteiger partial charge < -0.3 is 16.2 Å². The quantitative estimate of drug-likeness (QED) is 0.493. The Kier molecular flexibility index (Phi) is 7.24. The average molecular weight is 356 g/mol. The van der Waals surface area contributed by atoms with E-state index in [0.717, 1.165) is 0 Å². The molecule has 4 nitrogen and oxygen atoms in total. The van der Waals surface area contributed by atoms with Crippen LogP contribution >= 0.6 is 35.6 Å². The highest BCUT2D eigenvalue weighted by atomic mass is 127. The van der Waals surface area contributed by atoms with Gasteiger partial charge in [0, 0.05) is 0 Å². The highest BCUT2D eigenvalue weighted by Gasteiger charge is 2.05. The number of nitrogens with zero attached hydrogens (tertiary/aromatic N) is 1. The van der Waals surface area contributed by atoms with Crippen LogP contribution in [0.5, 0.6) is 5.75 Å². The van der Waals surface area contributed by atoms with Gasteiger partial charge in [-0.25, -0.2) is 4.99 Å². The number of nitrogens with two attached hydrogens (primary N) is 2. The fraction of sp³-hybridized carbons (Fsp3) is 0.300. The Labute approximate surface area is 117 Å². The van der Waals surface area contributed by atoms with Crippen LogP contribution in [0.2, 0.25) is 5.02 Å². The summed E-state index contributed by atoms with van der Waals surface area (Å²) in [6.07, 6.45) is -0.119. The van der Waals surface area contributed by atoms with Crippen LogP contribution in [0.3, 0.4) is 0 Å². The van der Waals surface area contributed by atoms with Crippen LogP contribution in [0, 0.1) is 0 Å². The number of hydrogen-bond acceptors (Lipinski definition) is 2. The summed E-state index contributed by atoms with van der Waals surface area (Å²) in [5.41, 5.74) is 10.4. The van der Waals surface area contributed by atoms with Crippen molar-refractivity contribution in [2.75, 3.05) is 6.54 Å². The molecule has 0 aliphatic rings. The van der Waals surface area contributed by atoms with E-state index in [9.17, 15) is 0 Å². The second kappa shape index (κ2) is 7.56. The van der Waals surface area contributed by atoms with Crippen LogP contribution in [-0.2, 0) is 0 Å². The number of guanidine groups is 1. The van der Waals surface area contributed by atoms with Crippen molar-refractivity contribution < 1.29 is 4.74 Å². The van der Waals surface area contributed by atoms with E-state index >= 15 is 0 Å². The predicted molar refractivity (Wildman–Crippen MR) is 77.6 cm³/mol. The molecule has 1 atom stereocenters. The van der Waals surface area contributed by atoms with Crippen molar-refractivity contribution in [3.05, 3.63) is 29.3 Å². The lowest BCUT2D eigenvalue weighted by molar-refractivity contribution is 0.230. The Balaban J connectivity index is 0.00000225. The van der Waals surface area contributed by atoms with Gasteiger partial charge in [0.05, 0.1) is 11.6 Å². The number of para-hydroxylation sites is 1. The molecular formula is C10H15ClIN3O. The average Bonchev–Trinajstić information content (AvgIpc) is 2.18. The highest BCUT2D eigenvalue weighted by molar-refractivity contribution is 14.0. The summed E-state index contributed by atoms with van der Waals surface area (Å²) in [6, 6.07) is 7.27. The minimum atomic E-state index is -0.119. The Morgan fingerprint density at radius 2 is 2.06 bits per heavy atom. The lowest BCUT2D eigenvalue weighted by atomic mass is 10.3. The van der Waals surface area contributed by atoms with E-state index in [1.165, 1.54) is 0 Å². The zero-order valence-corrected chi connectivity index (χ0v) is 12.0. The van der Waals surface area contributed by atoms with Gasteiger partial charge in [-0.3, -0.25) is 0 Å². The second-order valence-corrected chi connectivity index (χ2v) is 3.53. The maximum absolute atomic E-state index is 5.92. The third-order valence-electron chi connectivity index (χ3n) is 1.70. The van der Waals surface area contributed by atoms with Gasteiger partial charge >= 0.3 is 0 Å². The monoisotopic (exact) mass is 355 g/mol. The highest BCUT2D eigenvalue weighted by Crippen LogP contribution is 2.24. The van der Waals surface area contributed by atoms with Crippen molar-refractivity contribution in [2.45, 2.75) is 13.0 Å². The zero-order valence-electron chi connectivity index (χ0n) is 8.89. The first kappa shape index (κ1) is 15.3. The number of ether oxygens (including phenoxy) is 1. The molecule has 1 aromatic rings. The van der Waals surface area contributed by atoms with E-state index in [1.54, 1.807) is 12.1 Å². The molecule has 1 aromatic carbocycles. The van der Waals surface area contributed by atoms with Crippen molar-refractivity contribution in [2.24, 2.45) is 16.5 Å². The number of hydrogen-bond donors (Lipinski definition) is 2. The van der Waals surface area contributed by atoms with Gasteiger partial charge in [-0.1, -0.05) is 23.7 Å². The van der Waals surface area contributed by atoms with Crippen LogP contribution in [0.4, 0.5) is 0 Å². The van der Waals surface area contributed by atoms with Crippen LogP contribution in [-0.4, -0.2) is 18.6 Å². The number of halogens is 2. The number of aliphatic imine (C=N–C) groups is 1. The molecule has 0 saturated heterocycles. The molecule has 1 unspecified atom stereocenters. The first-order valence-electron chi connectivity index (χ1n) is 4.56. The van der Waals surface area contributed by atoms with E-state index in [1.807, 2.05) is 19.1 Å². The summed E-state index contributed by atoms with van der Waals surface area (Å²) in [4.78, 5) is 3.85. The molecule has 0 heterocycles. The van der Waals surface area contributed by atoms with E-state index in [0.29, 0.717) is 17.3 Å². The largest absolute Gasteiger partial charge is 0.487 e. The molecule has 0 aliphatic carbocycles. The maximum atomic E-state index is 5.92. The predicted octanol–water partition coefficient (Wildman–Crippen LogP) is 2.00. The molecule has 0 fully saturated rings. The maximum Gasteiger partial charge on any atom is 0.186 e. The second-order valence-electron chi connectivity index (χ2n) is 3.12. The van der Waals surface area contributed by atoms with Crippen LogP contribution in [0.15, 0.2) is 29.3 Å². The lowest BCUT2D eigenvalue weighted by Crippen LogP contribution is -2.26. The van der Waals surface area contributed by atoms with Gasteiger partial charge in [0.25, 0.3) is 0 Å². The van der Waals surface area contributed by atoms with E-state index < -0.39 is 0 Å². The van der Waals surface area contributed by atoms with Gasteiger partial charge in [0.1, 0.15) is 11.9 Å². The van der Waals surface area contributed by atoms with E-state index in [-0.39, 0.29) is 36.0 Å². The standard InChI is InChI=1S/C10H14ClN3O.HI/c1-7(6-14-10(12)13)15-9-5-3-2-4-8(9)11;/h2-5,7H,6H2,1H3,(H4,12,13,14);1H. The van der Waals surface area contributed by atoms with E-state index in [2.05, 4.69) is 4.99 Å². The molecular weight excluding hydrogens is 340 g/mol. The fourth-order valence-electron chi connectivity index (χ4n) is 1.03. The summed E-state index contributed by atoms with van der Waals surface area (Å²) in [5.74, 6) is 0.696. The molecule has 1 rings (SSSR count). The number of benzene rings is 1. The molecule has 6 heteroatoms. The molecule has 0 saturated carbocycles. The molecule has 0 spiro atoms. The fourth-order valence-corrected chi connectivity index (χ4v) is 1.21. The van der Waals surface area contributed by atoms with E-state index in [4.69, 9.17) is 27.8 Å². The summed E-state index contributed by atoms with van der Waals surface area (Å²) >= 11 is 5.92. The van der Waals surface area contributed by atoms with Gasteiger partial charge in [-0.05, 0) is 19.1 Å². The molecule has 0 aromatic heterocycles. The van der Waals surface area contributed by atoms with Crippen molar-refractivity contribution in [1.82, 2.24) is 0 Å². The first-order valence-corrected chi connectivity index (χ1v) is 4.94. The summed E-state index contributed by atoms with van der Waals surface area (Å²) in [5, 5.41) is 0.578. The summed E-state index contributed by atoms with van der Waals surface area (Å²) in [7, 11) is 0. The molecule has 0 bridgehead atoms. The molecule has 0 radical (unpaired) electrons. The Hall–Kier alpha value is -0.690. The molecule has 4 N–H and O–H groups in total. The molecule has 0 aliphatic heterocycles. The van der Waals surface area contributed by atoms with Crippen molar-refractivity contribution in [1.29, 1.82) is 0 Å². The van der Waals surface area contributed by atoms with Crippen molar-refractivity contribution in [3.8, 4) is 5.75 Å². The summed E-state index contributed by atoms with van der Waals surface area (Å²) in [6.45, 7) is 2.28. The zero-order chi connectivity index (χ0) is 11.3. The smallest absolute Gasteiger partial charge is 0.186 e. The van der Waals surface area contributed by atoms with Crippen molar-refractivity contribution >= 4 is 41.5 Å². The van der Waals surface area contributed by atoms with Crippen LogP contribution in [0.25, 0.3) is 0 Å². The van der Waals surface area contributed by atoms with Gasteiger partial charge in [-0.15, -0.1) is 24.0 Å². The third-order valence-corrected chi connectivity index (χ3v) is 2.01. The van der Waals surface area contributed by atoms with Gasteiger partial charge in [0.2, 0.25) is 0 Å². The number of rotatable bonds is 4. The minimum absolute atomic E-state index is 0. The normalized spacial score (nSPS) is 11.1. The third kappa shape index (κ3) is 5.41. The minimum Gasteiger partial charge on any atom is -0.487 e. The lowest BCUT2D eigenvalue weighted by Gasteiger charge is -2.13. The first-order chi connectivity index (χ1) is 7.09.